The molecule has 3 aliphatic carbocycles. The van der Waals surface area contributed by atoms with Crippen LogP contribution < -0.4 is 0 Å². The zero-order valence-corrected chi connectivity index (χ0v) is 15.4. The molecular weight excluding hydrogens is 338 g/mol. The third-order valence-electron chi connectivity index (χ3n) is 7.74. The number of carbonyl (C=O) groups excluding carboxylic acids is 1. The van der Waals surface area contributed by atoms with Crippen molar-refractivity contribution in [2.75, 3.05) is 7.05 Å². The summed E-state index contributed by atoms with van der Waals surface area (Å²) < 4.78 is 0. The highest BCUT2D eigenvalue weighted by atomic mass is 79.9. The summed E-state index contributed by atoms with van der Waals surface area (Å²) in [6.45, 7) is 2.55. The van der Waals surface area contributed by atoms with Crippen LogP contribution in [0.5, 0.6) is 0 Å². The first-order valence-corrected chi connectivity index (χ1v) is 10.0. The number of hydrogen-bond acceptors (Lipinski definition) is 1. The molecule has 0 N–H and O–H groups in total. The zero-order valence-electron chi connectivity index (χ0n) is 13.9. The minimum absolute atomic E-state index is 0.357. The summed E-state index contributed by atoms with van der Waals surface area (Å²) in [5.74, 6) is 3.58. The molecule has 0 aromatic heterocycles. The molecule has 1 saturated heterocycles. The summed E-state index contributed by atoms with van der Waals surface area (Å²) in [5.41, 5.74) is 2.19. The van der Waals surface area contributed by atoms with Crippen molar-refractivity contribution in [3.05, 3.63) is 10.6 Å². The van der Waals surface area contributed by atoms with Gasteiger partial charge in [-0.15, -0.1) is 0 Å². The molecule has 3 heteroatoms. The predicted molar refractivity (Wildman–Crippen MR) is 92.6 cm³/mol. The van der Waals surface area contributed by atoms with Gasteiger partial charge in [0.05, 0.1) is 0 Å². The van der Waals surface area contributed by atoms with Crippen LogP contribution in [0.2, 0.25) is 0 Å². The lowest BCUT2D eigenvalue weighted by Gasteiger charge is -2.57. The van der Waals surface area contributed by atoms with Gasteiger partial charge in [0.2, 0.25) is 5.91 Å². The van der Waals surface area contributed by atoms with E-state index in [1.54, 1.807) is 5.57 Å². The molecule has 6 atom stereocenters. The monoisotopic (exact) mass is 365 g/mol. The van der Waals surface area contributed by atoms with E-state index in [0.717, 1.165) is 42.9 Å². The van der Waals surface area contributed by atoms with E-state index >= 15 is 0 Å². The zero-order chi connectivity index (χ0) is 15.5. The Morgan fingerprint density at radius 1 is 1.23 bits per heavy atom. The van der Waals surface area contributed by atoms with Crippen molar-refractivity contribution < 1.29 is 4.79 Å². The highest BCUT2D eigenvalue weighted by Crippen LogP contribution is 2.62. The standard InChI is InChI=1S/C19H28BrNO/c1-19-8-3-4-15(19)18-12(11-20)10-16-13(14(18)7-9-19)5-6-17(22)21(16)2/h11,13-16,18H,3-10H2,1-2H3/b12-11-/t13-,14-,15+,16-,18-,19+/m1/s1. The molecule has 2 nitrogen and oxygen atoms in total. The van der Waals surface area contributed by atoms with Gasteiger partial charge in [0, 0.05) is 19.5 Å². The molecule has 4 aliphatic rings. The average molecular weight is 366 g/mol. The first kappa shape index (κ1) is 15.2. The Bertz CT molecular complexity index is 516. The third-order valence-corrected chi connectivity index (χ3v) is 8.33. The average Bonchev–Trinajstić information content (AvgIpc) is 2.91. The van der Waals surface area contributed by atoms with Crippen LogP contribution in [0.3, 0.4) is 0 Å². The number of halogens is 1. The second-order valence-corrected chi connectivity index (χ2v) is 9.00. The summed E-state index contributed by atoms with van der Waals surface area (Å²) in [4.78, 5) is 16.4. The van der Waals surface area contributed by atoms with Crippen LogP contribution >= 0.6 is 15.9 Å². The van der Waals surface area contributed by atoms with E-state index in [4.69, 9.17) is 0 Å². The number of nitrogens with zero attached hydrogens (tertiary/aromatic N) is 1. The van der Waals surface area contributed by atoms with Gasteiger partial charge in [-0.3, -0.25) is 4.79 Å². The molecule has 0 radical (unpaired) electrons. The highest BCUT2D eigenvalue weighted by molar-refractivity contribution is 9.11. The molecule has 22 heavy (non-hydrogen) atoms. The minimum atomic E-state index is 0.357. The van der Waals surface area contributed by atoms with Crippen molar-refractivity contribution in [2.24, 2.45) is 29.1 Å². The molecule has 0 aromatic carbocycles. The Morgan fingerprint density at radius 3 is 2.82 bits per heavy atom. The fraction of sp³-hybridized carbons (Fsp3) is 0.842. The van der Waals surface area contributed by atoms with Gasteiger partial charge in [0.1, 0.15) is 0 Å². The number of carbonyl (C=O) groups is 1. The van der Waals surface area contributed by atoms with Gasteiger partial charge in [-0.1, -0.05) is 34.8 Å². The molecule has 122 valence electrons. The molecule has 4 fully saturated rings. The van der Waals surface area contributed by atoms with E-state index in [9.17, 15) is 4.79 Å². The second-order valence-electron chi connectivity index (χ2n) is 8.54. The quantitative estimate of drug-likeness (QED) is 0.607. The van der Waals surface area contributed by atoms with Crippen LogP contribution in [-0.4, -0.2) is 23.9 Å². The van der Waals surface area contributed by atoms with Gasteiger partial charge in [0.25, 0.3) is 0 Å². The van der Waals surface area contributed by atoms with Crippen molar-refractivity contribution in [1.82, 2.24) is 4.90 Å². The molecule has 4 rings (SSSR count). The van der Waals surface area contributed by atoms with Gasteiger partial charge >= 0.3 is 0 Å². The summed E-state index contributed by atoms with van der Waals surface area (Å²) in [6, 6.07) is 0.456. The van der Waals surface area contributed by atoms with E-state index < -0.39 is 0 Å². The Labute approximate surface area is 142 Å². The van der Waals surface area contributed by atoms with E-state index in [1.165, 1.54) is 32.1 Å². The van der Waals surface area contributed by atoms with Crippen molar-refractivity contribution >= 4 is 21.8 Å². The predicted octanol–water partition coefficient (Wildman–Crippen LogP) is 4.74. The third kappa shape index (κ3) is 2.07. The first-order chi connectivity index (χ1) is 10.5. The summed E-state index contributed by atoms with van der Waals surface area (Å²) in [5, 5.41) is 0. The fourth-order valence-electron chi connectivity index (χ4n) is 6.58. The number of likely N-dealkylation sites (tertiary alicyclic amines) is 1. The SMILES string of the molecule is CN1C(=O)CC[C@@H]2[C@H]3CC[C@]4(C)CCC[C@H]4[C@@H]3/C(=C\Br)C[C@H]21. The number of amides is 1. The lowest BCUT2D eigenvalue weighted by molar-refractivity contribution is -0.141. The first-order valence-electron chi connectivity index (χ1n) is 9.10. The van der Waals surface area contributed by atoms with Crippen molar-refractivity contribution in [3.8, 4) is 0 Å². The molecule has 0 unspecified atom stereocenters. The molecule has 1 amide bonds. The Morgan fingerprint density at radius 2 is 2.05 bits per heavy atom. The van der Waals surface area contributed by atoms with Crippen LogP contribution in [0, 0.1) is 29.1 Å². The van der Waals surface area contributed by atoms with Gasteiger partial charge in [-0.25, -0.2) is 0 Å². The van der Waals surface area contributed by atoms with Crippen LogP contribution in [0.4, 0.5) is 0 Å². The van der Waals surface area contributed by atoms with Gasteiger partial charge in [-0.2, -0.15) is 0 Å². The van der Waals surface area contributed by atoms with E-state index in [2.05, 4.69) is 32.7 Å². The molecule has 1 aliphatic heterocycles. The lowest BCUT2D eigenvalue weighted by Crippen LogP contribution is -2.56. The maximum atomic E-state index is 12.1. The van der Waals surface area contributed by atoms with Crippen LogP contribution in [0.15, 0.2) is 10.6 Å². The van der Waals surface area contributed by atoms with E-state index in [-0.39, 0.29) is 0 Å². The Balaban J connectivity index is 1.69. The minimum Gasteiger partial charge on any atom is -0.342 e. The second kappa shape index (κ2) is 5.36. The van der Waals surface area contributed by atoms with E-state index in [1.807, 2.05) is 7.05 Å². The Kier molecular flexibility index (Phi) is 3.71. The molecule has 0 spiro atoms. The van der Waals surface area contributed by atoms with Gasteiger partial charge < -0.3 is 4.90 Å². The Hall–Kier alpha value is -0.310. The topological polar surface area (TPSA) is 20.3 Å². The summed E-state index contributed by atoms with van der Waals surface area (Å²) in [7, 11) is 2.04. The van der Waals surface area contributed by atoms with Gasteiger partial charge in [-0.05, 0) is 72.6 Å². The number of piperidine rings is 1. The normalized spacial score (nSPS) is 49.8. The van der Waals surface area contributed by atoms with Crippen molar-refractivity contribution in [3.63, 3.8) is 0 Å². The maximum Gasteiger partial charge on any atom is 0.222 e. The number of hydrogen-bond donors (Lipinski definition) is 0. The molecule has 0 aromatic rings. The molecule has 3 saturated carbocycles. The maximum absolute atomic E-state index is 12.1. The van der Waals surface area contributed by atoms with Crippen LogP contribution in [0.1, 0.15) is 58.3 Å². The summed E-state index contributed by atoms with van der Waals surface area (Å²) >= 11 is 3.67. The largest absolute Gasteiger partial charge is 0.342 e. The lowest BCUT2D eigenvalue weighted by atomic mass is 9.51. The smallest absolute Gasteiger partial charge is 0.222 e. The number of fused-ring (bicyclic) bond motifs is 5. The summed E-state index contributed by atoms with van der Waals surface area (Å²) in [6.07, 6.45) is 10.1. The van der Waals surface area contributed by atoms with Crippen LogP contribution in [0.25, 0.3) is 0 Å². The van der Waals surface area contributed by atoms with Crippen molar-refractivity contribution in [2.45, 2.75) is 64.3 Å². The number of rotatable bonds is 0. The fourth-order valence-corrected chi connectivity index (χ4v) is 7.08. The molecular formula is C19H28BrNO. The molecule has 1 heterocycles. The van der Waals surface area contributed by atoms with E-state index in [0.29, 0.717) is 17.4 Å². The van der Waals surface area contributed by atoms with Crippen LogP contribution in [-0.2, 0) is 4.79 Å². The van der Waals surface area contributed by atoms with Crippen molar-refractivity contribution in [1.29, 1.82) is 0 Å². The molecule has 0 bridgehead atoms. The highest BCUT2D eigenvalue weighted by Gasteiger charge is 2.55. The van der Waals surface area contributed by atoms with Gasteiger partial charge in [0.15, 0.2) is 0 Å².